The molecule has 5 rings (SSSR count). The quantitative estimate of drug-likeness (QED) is 0.143. The second-order valence-electron chi connectivity index (χ2n) is 8.41. The van der Waals surface area contributed by atoms with Gasteiger partial charge in [-0.2, -0.15) is 0 Å². The highest BCUT2D eigenvalue weighted by molar-refractivity contribution is 8.01. The third-order valence-corrected chi connectivity index (χ3v) is 7.90. The van der Waals surface area contributed by atoms with Crippen molar-refractivity contribution < 1.29 is 24.1 Å². The van der Waals surface area contributed by atoms with Gasteiger partial charge in [0, 0.05) is 24.6 Å². The Morgan fingerprint density at radius 1 is 1.13 bits per heavy atom. The van der Waals surface area contributed by atoms with E-state index in [1.54, 1.807) is 30.5 Å². The molecule has 3 aromatic carbocycles. The number of rotatable bonds is 8. The SMILES string of the molecule is CCOC1Oc2ccc(C)cc2C(=O)C1=CNc1ccc2nc(Sc3ccc([N+](=O)[O-])cc3[N+](=O)[O-])sc2c1. The first-order chi connectivity index (χ1) is 18.7. The van der Waals surface area contributed by atoms with Gasteiger partial charge in [-0.25, -0.2) is 4.98 Å². The largest absolute Gasteiger partial charge is 0.460 e. The van der Waals surface area contributed by atoms with Crippen LogP contribution in [0.1, 0.15) is 22.8 Å². The van der Waals surface area contributed by atoms with Gasteiger partial charge in [-0.15, -0.1) is 11.3 Å². The minimum Gasteiger partial charge on any atom is -0.460 e. The maximum absolute atomic E-state index is 13.2. The third-order valence-electron chi connectivity index (χ3n) is 5.76. The van der Waals surface area contributed by atoms with Crippen molar-refractivity contribution in [2.45, 2.75) is 29.4 Å². The Kier molecular flexibility index (Phi) is 7.28. The molecule has 198 valence electrons. The number of nitrogens with one attached hydrogen (secondary N) is 1. The van der Waals surface area contributed by atoms with Crippen LogP contribution in [0.4, 0.5) is 17.1 Å². The molecule has 1 unspecified atom stereocenters. The van der Waals surface area contributed by atoms with Crippen LogP contribution < -0.4 is 10.1 Å². The number of aryl methyl sites for hydroxylation is 1. The van der Waals surface area contributed by atoms with Gasteiger partial charge in [0.25, 0.3) is 11.4 Å². The maximum Gasteiger partial charge on any atom is 0.290 e. The van der Waals surface area contributed by atoms with Crippen molar-refractivity contribution in [1.82, 2.24) is 4.98 Å². The number of aromatic nitrogens is 1. The fraction of sp³-hybridized carbons (Fsp3) is 0.154. The van der Waals surface area contributed by atoms with Gasteiger partial charge in [0.1, 0.15) is 5.75 Å². The van der Waals surface area contributed by atoms with E-state index >= 15 is 0 Å². The fourth-order valence-electron chi connectivity index (χ4n) is 3.91. The summed E-state index contributed by atoms with van der Waals surface area (Å²) in [6.07, 6.45) is 0.726. The number of hydrogen-bond donors (Lipinski definition) is 1. The number of anilines is 1. The second-order valence-corrected chi connectivity index (χ2v) is 10.7. The summed E-state index contributed by atoms with van der Waals surface area (Å²) in [5.74, 6) is 0.290. The van der Waals surface area contributed by atoms with Crippen molar-refractivity contribution in [3.8, 4) is 5.75 Å². The van der Waals surface area contributed by atoms with Gasteiger partial charge in [-0.3, -0.25) is 25.0 Å². The first kappa shape index (κ1) is 26.3. The smallest absolute Gasteiger partial charge is 0.290 e. The van der Waals surface area contributed by atoms with E-state index in [0.717, 1.165) is 28.1 Å². The van der Waals surface area contributed by atoms with Crippen LogP contribution in [0.2, 0.25) is 0 Å². The van der Waals surface area contributed by atoms with E-state index < -0.39 is 16.1 Å². The molecule has 1 atom stereocenters. The molecule has 0 saturated carbocycles. The van der Waals surface area contributed by atoms with Crippen molar-refractivity contribution in [2.75, 3.05) is 11.9 Å². The van der Waals surface area contributed by atoms with Gasteiger partial charge in [0.05, 0.1) is 42.2 Å². The van der Waals surface area contributed by atoms with Crippen LogP contribution >= 0.6 is 23.1 Å². The van der Waals surface area contributed by atoms with Crippen LogP contribution in [0, 0.1) is 27.2 Å². The van der Waals surface area contributed by atoms with Gasteiger partial charge in [-0.1, -0.05) is 23.4 Å². The van der Waals surface area contributed by atoms with E-state index in [9.17, 15) is 25.0 Å². The summed E-state index contributed by atoms with van der Waals surface area (Å²) < 4.78 is 12.9. The number of carbonyl (C=O) groups excluding carboxylic acids is 1. The molecule has 13 heteroatoms. The number of Topliss-reactive ketones (excluding diaryl/α,β-unsaturated/α-hetero) is 1. The Morgan fingerprint density at radius 2 is 1.95 bits per heavy atom. The molecule has 0 bridgehead atoms. The zero-order chi connectivity index (χ0) is 27.7. The molecule has 0 spiro atoms. The van der Waals surface area contributed by atoms with Gasteiger partial charge >= 0.3 is 0 Å². The summed E-state index contributed by atoms with van der Waals surface area (Å²) in [5, 5.41) is 25.6. The highest BCUT2D eigenvalue weighted by atomic mass is 32.2. The molecule has 1 N–H and O–H groups in total. The standard InChI is InChI=1S/C26H20N4O7S2/c1-3-36-25-18(24(31)17-10-14(2)4-8-21(17)37-25)13-27-15-5-7-19-23(11-15)39-26(28-19)38-22-9-6-16(29(32)33)12-20(22)30(34)35/h4-13,25,27H,3H2,1-2H3. The number of hydrogen-bond acceptors (Lipinski definition) is 11. The Morgan fingerprint density at radius 3 is 2.69 bits per heavy atom. The normalized spacial score (nSPS) is 15.7. The average Bonchev–Trinajstić information content (AvgIpc) is 3.30. The number of nitro groups is 2. The van der Waals surface area contributed by atoms with Crippen LogP contribution in [-0.2, 0) is 4.74 Å². The number of ketones is 1. The molecule has 39 heavy (non-hydrogen) atoms. The van der Waals surface area contributed by atoms with Crippen molar-refractivity contribution in [3.63, 3.8) is 0 Å². The van der Waals surface area contributed by atoms with E-state index in [4.69, 9.17) is 9.47 Å². The molecule has 11 nitrogen and oxygen atoms in total. The fourth-order valence-corrected chi connectivity index (χ4v) is 6.06. The summed E-state index contributed by atoms with van der Waals surface area (Å²) in [6.45, 7) is 4.08. The number of ether oxygens (including phenoxy) is 2. The molecular formula is C26H20N4O7S2. The third kappa shape index (κ3) is 5.46. The van der Waals surface area contributed by atoms with E-state index in [-0.39, 0.29) is 22.1 Å². The van der Waals surface area contributed by atoms with Crippen LogP contribution in [0.25, 0.3) is 10.2 Å². The lowest BCUT2D eigenvalue weighted by atomic mass is 9.98. The summed E-state index contributed by atoms with van der Waals surface area (Å²) >= 11 is 2.38. The van der Waals surface area contributed by atoms with Crippen LogP contribution in [0.3, 0.4) is 0 Å². The van der Waals surface area contributed by atoms with Crippen LogP contribution in [-0.4, -0.2) is 33.5 Å². The minimum absolute atomic E-state index is 0.187. The highest BCUT2D eigenvalue weighted by Crippen LogP contribution is 2.40. The zero-order valence-corrected chi connectivity index (χ0v) is 22.2. The van der Waals surface area contributed by atoms with Gasteiger partial charge < -0.3 is 14.8 Å². The van der Waals surface area contributed by atoms with Crippen molar-refractivity contribution in [2.24, 2.45) is 0 Å². The number of fused-ring (bicyclic) bond motifs is 2. The van der Waals surface area contributed by atoms with Gasteiger partial charge in [0.15, 0.2) is 10.1 Å². The Balaban J connectivity index is 1.39. The molecule has 0 saturated heterocycles. The summed E-state index contributed by atoms with van der Waals surface area (Å²) in [4.78, 5) is 39.2. The minimum atomic E-state index is -0.849. The number of non-ortho nitro benzene ring substituents is 1. The number of thiazole rings is 1. The number of nitrogens with zero attached hydrogens (tertiary/aromatic N) is 3. The monoisotopic (exact) mass is 564 g/mol. The van der Waals surface area contributed by atoms with Crippen molar-refractivity contribution in [3.05, 3.63) is 97.7 Å². The van der Waals surface area contributed by atoms with Crippen LogP contribution in [0.5, 0.6) is 5.75 Å². The Labute approximate surface area is 229 Å². The molecule has 4 aromatic rings. The van der Waals surface area contributed by atoms with E-state index in [2.05, 4.69) is 10.3 Å². The lowest BCUT2D eigenvalue weighted by Gasteiger charge is -2.27. The van der Waals surface area contributed by atoms with Gasteiger partial charge in [-0.05, 0) is 50.2 Å². The lowest BCUT2D eigenvalue weighted by molar-refractivity contribution is -0.396. The van der Waals surface area contributed by atoms with Crippen molar-refractivity contribution >= 4 is 56.2 Å². The van der Waals surface area contributed by atoms with E-state index in [1.165, 1.54) is 23.5 Å². The zero-order valence-electron chi connectivity index (χ0n) is 20.6. The molecule has 0 aliphatic carbocycles. The maximum atomic E-state index is 13.2. The molecular weight excluding hydrogens is 544 g/mol. The lowest BCUT2D eigenvalue weighted by Crippen LogP contribution is -2.33. The average molecular weight is 565 g/mol. The molecule has 0 fully saturated rings. The predicted octanol–water partition coefficient (Wildman–Crippen LogP) is 6.51. The first-order valence-corrected chi connectivity index (χ1v) is 13.3. The molecule has 0 amide bonds. The number of carbonyl (C=O) groups is 1. The highest BCUT2D eigenvalue weighted by Gasteiger charge is 2.32. The first-order valence-electron chi connectivity index (χ1n) is 11.6. The predicted molar refractivity (Wildman–Crippen MR) is 147 cm³/mol. The second kappa shape index (κ2) is 10.8. The number of nitro benzene ring substituents is 2. The molecule has 1 aliphatic rings. The Hall–Kier alpha value is -4.33. The Bertz CT molecular complexity index is 1670. The molecule has 2 heterocycles. The summed E-state index contributed by atoms with van der Waals surface area (Å²) in [7, 11) is 0. The molecule has 1 aromatic heterocycles. The van der Waals surface area contributed by atoms with Crippen LogP contribution in [0.15, 0.2) is 75.6 Å². The van der Waals surface area contributed by atoms with E-state index in [0.29, 0.717) is 39.0 Å². The van der Waals surface area contributed by atoms with E-state index in [1.807, 2.05) is 26.0 Å². The summed E-state index contributed by atoms with van der Waals surface area (Å²) in [5.41, 5.74) is 2.40. The van der Waals surface area contributed by atoms with Gasteiger partial charge in [0.2, 0.25) is 6.29 Å². The molecule has 0 radical (unpaired) electrons. The van der Waals surface area contributed by atoms with Crippen molar-refractivity contribution in [1.29, 1.82) is 0 Å². The molecule has 1 aliphatic heterocycles. The topological polar surface area (TPSA) is 147 Å². The summed E-state index contributed by atoms with van der Waals surface area (Å²) in [6, 6.07) is 14.4. The number of benzene rings is 3.